The van der Waals surface area contributed by atoms with Gasteiger partial charge < -0.3 is 0 Å². The Hall–Kier alpha value is -2.68. The van der Waals surface area contributed by atoms with Gasteiger partial charge in [-0.15, -0.1) is 0 Å². The number of ketones is 1. The highest BCUT2D eigenvalue weighted by Gasteiger charge is 2.48. The van der Waals surface area contributed by atoms with Gasteiger partial charge in [-0.2, -0.15) is 13.2 Å². The summed E-state index contributed by atoms with van der Waals surface area (Å²) in [6, 6.07) is 10.1. The quantitative estimate of drug-likeness (QED) is 0.764. The molecule has 0 bridgehead atoms. The zero-order chi connectivity index (χ0) is 20.7. The van der Waals surface area contributed by atoms with Crippen molar-refractivity contribution < 1.29 is 31.2 Å². The maximum atomic E-state index is 13.1. The fourth-order valence-electron chi connectivity index (χ4n) is 3.06. The van der Waals surface area contributed by atoms with Crippen molar-refractivity contribution in [3.05, 3.63) is 65.2 Å². The molecule has 3 rings (SSSR count). The number of alkyl halides is 3. The smallest absolute Gasteiger partial charge is 0.295 e. The topological polar surface area (TPSA) is 80.3 Å². The fourth-order valence-corrected chi connectivity index (χ4v) is 4.13. The van der Waals surface area contributed by atoms with Crippen LogP contribution in [0.3, 0.4) is 0 Å². The molecular formula is C19H16F3NO4S. The maximum Gasteiger partial charge on any atom is 0.416 e. The molecule has 0 saturated heterocycles. The van der Waals surface area contributed by atoms with E-state index in [1.807, 2.05) is 4.72 Å². The number of Topliss-reactive ketones (excluding diaryl/α,β-unsaturated/α-hetero) is 1. The third-order valence-corrected chi connectivity index (χ3v) is 5.92. The Bertz CT molecular complexity index is 1050. The molecule has 0 radical (unpaired) electrons. The summed E-state index contributed by atoms with van der Waals surface area (Å²) in [6.45, 7) is 1.28. The van der Waals surface area contributed by atoms with E-state index in [9.17, 15) is 31.2 Å². The highest BCUT2D eigenvalue weighted by Crippen LogP contribution is 2.51. The Labute approximate surface area is 159 Å². The van der Waals surface area contributed by atoms with Gasteiger partial charge in [-0.1, -0.05) is 30.3 Å². The van der Waals surface area contributed by atoms with E-state index >= 15 is 0 Å². The van der Waals surface area contributed by atoms with Crippen LogP contribution in [0.25, 0.3) is 0 Å². The number of carbonyl (C=O) groups is 2. The summed E-state index contributed by atoms with van der Waals surface area (Å²) in [6.07, 6.45) is -4.43. The van der Waals surface area contributed by atoms with E-state index in [-0.39, 0.29) is 28.2 Å². The summed E-state index contributed by atoms with van der Waals surface area (Å²) in [7, 11) is -4.24. The number of amides is 1. The third-order valence-electron chi connectivity index (χ3n) is 4.58. The van der Waals surface area contributed by atoms with Crippen molar-refractivity contribution in [3.63, 3.8) is 0 Å². The lowest BCUT2D eigenvalue weighted by molar-refractivity contribution is -0.138. The summed E-state index contributed by atoms with van der Waals surface area (Å²) in [5.41, 5.74) is -0.683. The summed E-state index contributed by atoms with van der Waals surface area (Å²) < 4.78 is 66.1. The van der Waals surface area contributed by atoms with Crippen LogP contribution in [0.2, 0.25) is 0 Å². The van der Waals surface area contributed by atoms with Crippen LogP contribution in [0.4, 0.5) is 13.2 Å². The van der Waals surface area contributed by atoms with E-state index in [0.29, 0.717) is 0 Å². The minimum absolute atomic E-state index is 0.0221. The van der Waals surface area contributed by atoms with Crippen LogP contribution in [0.15, 0.2) is 53.4 Å². The van der Waals surface area contributed by atoms with Crippen molar-refractivity contribution in [1.82, 2.24) is 4.72 Å². The second-order valence-electron chi connectivity index (χ2n) is 6.59. The molecule has 28 heavy (non-hydrogen) atoms. The van der Waals surface area contributed by atoms with E-state index in [0.717, 1.165) is 12.1 Å². The van der Waals surface area contributed by atoms with Crippen molar-refractivity contribution in [2.75, 3.05) is 0 Å². The van der Waals surface area contributed by atoms with E-state index in [4.69, 9.17) is 0 Å². The second-order valence-corrected chi connectivity index (χ2v) is 8.27. The molecule has 1 fully saturated rings. The van der Waals surface area contributed by atoms with Crippen LogP contribution < -0.4 is 4.72 Å². The lowest BCUT2D eigenvalue weighted by Crippen LogP contribution is -2.32. The number of hydrogen-bond donors (Lipinski definition) is 1. The van der Waals surface area contributed by atoms with Crippen LogP contribution >= 0.6 is 0 Å². The first kappa shape index (κ1) is 20.1. The summed E-state index contributed by atoms with van der Waals surface area (Å²) in [5, 5.41) is 0. The minimum atomic E-state index is -4.56. The van der Waals surface area contributed by atoms with Gasteiger partial charge >= 0.3 is 6.18 Å². The van der Waals surface area contributed by atoms with Gasteiger partial charge in [0.05, 0.1) is 10.5 Å². The standard InChI is InChI=1S/C19H16F3NO4S/c1-11(24)12-5-4-6-13(9-12)28(26,27)23-18(25)16-10-15(16)14-7-2-3-8-17(14)19(20,21)22/h2-9,15-16H,10H2,1H3,(H,23,25). The first-order valence-corrected chi connectivity index (χ1v) is 9.83. The molecule has 2 aromatic rings. The Kier molecular flexibility index (Phi) is 5.05. The number of benzene rings is 2. The molecule has 9 heteroatoms. The molecule has 5 nitrogen and oxygen atoms in total. The zero-order valence-corrected chi connectivity index (χ0v) is 15.5. The normalized spacial score (nSPS) is 19.1. The molecule has 2 aromatic carbocycles. The van der Waals surface area contributed by atoms with Crippen LogP contribution in [0, 0.1) is 5.92 Å². The minimum Gasteiger partial charge on any atom is -0.295 e. The Morgan fingerprint density at radius 1 is 1.07 bits per heavy atom. The Balaban J connectivity index is 1.77. The first-order chi connectivity index (χ1) is 13.0. The summed E-state index contributed by atoms with van der Waals surface area (Å²) in [5.74, 6) is -2.77. The van der Waals surface area contributed by atoms with Gasteiger partial charge in [0.15, 0.2) is 5.78 Å². The zero-order valence-electron chi connectivity index (χ0n) is 14.7. The summed E-state index contributed by atoms with van der Waals surface area (Å²) >= 11 is 0. The highest BCUT2D eigenvalue weighted by molar-refractivity contribution is 7.90. The molecule has 0 aliphatic heterocycles. The molecule has 1 saturated carbocycles. The predicted molar refractivity (Wildman–Crippen MR) is 94.1 cm³/mol. The van der Waals surface area contributed by atoms with Gasteiger partial charge in [-0.3, -0.25) is 9.59 Å². The van der Waals surface area contributed by atoms with Gasteiger partial charge in [-0.25, -0.2) is 13.1 Å². The Morgan fingerprint density at radius 3 is 2.39 bits per heavy atom. The van der Waals surface area contributed by atoms with Gasteiger partial charge in [0, 0.05) is 11.5 Å². The largest absolute Gasteiger partial charge is 0.416 e. The molecule has 0 spiro atoms. The van der Waals surface area contributed by atoms with Crippen molar-refractivity contribution in [1.29, 1.82) is 0 Å². The molecule has 148 valence electrons. The van der Waals surface area contributed by atoms with Crippen LogP contribution in [-0.4, -0.2) is 20.1 Å². The van der Waals surface area contributed by atoms with Crippen LogP contribution in [0.1, 0.15) is 40.7 Å². The van der Waals surface area contributed by atoms with Crippen molar-refractivity contribution in [2.24, 2.45) is 5.92 Å². The molecule has 1 amide bonds. The van der Waals surface area contributed by atoms with Gasteiger partial charge in [-0.05, 0) is 43.0 Å². The highest BCUT2D eigenvalue weighted by atomic mass is 32.2. The van der Waals surface area contributed by atoms with E-state index < -0.39 is 39.5 Å². The predicted octanol–water partition coefficient (Wildman–Crippen LogP) is 3.52. The van der Waals surface area contributed by atoms with Crippen molar-refractivity contribution >= 4 is 21.7 Å². The number of carbonyl (C=O) groups excluding carboxylic acids is 2. The number of rotatable bonds is 5. The number of sulfonamides is 1. The first-order valence-electron chi connectivity index (χ1n) is 8.34. The van der Waals surface area contributed by atoms with Crippen molar-refractivity contribution in [3.8, 4) is 0 Å². The van der Waals surface area contributed by atoms with Gasteiger partial charge in [0.2, 0.25) is 5.91 Å². The van der Waals surface area contributed by atoms with Gasteiger partial charge in [0.1, 0.15) is 0 Å². The van der Waals surface area contributed by atoms with Gasteiger partial charge in [0.25, 0.3) is 10.0 Å². The number of nitrogens with one attached hydrogen (secondary N) is 1. The third kappa shape index (κ3) is 4.09. The molecule has 1 aliphatic carbocycles. The van der Waals surface area contributed by atoms with Crippen LogP contribution in [-0.2, 0) is 21.0 Å². The fraction of sp³-hybridized carbons (Fsp3) is 0.263. The summed E-state index contributed by atoms with van der Waals surface area (Å²) in [4.78, 5) is 23.5. The van der Waals surface area contributed by atoms with E-state index in [1.165, 1.54) is 43.3 Å². The second kappa shape index (κ2) is 7.05. The molecular weight excluding hydrogens is 395 g/mol. The monoisotopic (exact) mass is 411 g/mol. The number of hydrogen-bond acceptors (Lipinski definition) is 4. The molecule has 2 atom stereocenters. The molecule has 1 aliphatic rings. The molecule has 0 heterocycles. The SMILES string of the molecule is CC(=O)c1cccc(S(=O)(=O)NC(=O)C2CC2c2ccccc2C(F)(F)F)c1. The number of halogens is 3. The molecule has 2 unspecified atom stereocenters. The average Bonchev–Trinajstić information content (AvgIpc) is 3.41. The lowest BCUT2D eigenvalue weighted by Gasteiger charge is -2.12. The average molecular weight is 411 g/mol. The van der Waals surface area contributed by atoms with Crippen molar-refractivity contribution in [2.45, 2.75) is 30.3 Å². The van der Waals surface area contributed by atoms with E-state index in [1.54, 1.807) is 0 Å². The molecule has 0 aromatic heterocycles. The van der Waals surface area contributed by atoms with E-state index in [2.05, 4.69) is 0 Å². The van der Waals surface area contributed by atoms with Crippen LogP contribution in [0.5, 0.6) is 0 Å². The Morgan fingerprint density at radius 2 is 1.75 bits per heavy atom. The lowest BCUT2D eigenvalue weighted by atomic mass is 10.0. The maximum absolute atomic E-state index is 13.1. The molecule has 1 N–H and O–H groups in total.